The molecule has 4 amide bonds. The Morgan fingerprint density at radius 3 is 2.02 bits per heavy atom. The third-order valence-electron chi connectivity index (χ3n) is 8.75. The number of non-ortho nitro benzene ring substituents is 1. The van der Waals surface area contributed by atoms with Gasteiger partial charge in [-0.25, -0.2) is 4.79 Å². The van der Waals surface area contributed by atoms with E-state index in [1.807, 2.05) is 0 Å². The van der Waals surface area contributed by atoms with Crippen molar-refractivity contribution in [2.24, 2.45) is 0 Å². The van der Waals surface area contributed by atoms with Crippen LogP contribution in [-0.2, 0) is 73.4 Å². The second-order valence-corrected chi connectivity index (χ2v) is 13.7. The van der Waals surface area contributed by atoms with E-state index in [1.165, 1.54) is 42.5 Å². The molecular weight excluding hydrogens is 840 g/mol. The zero-order chi connectivity index (χ0) is 46.2. The quantitative estimate of drug-likeness (QED) is 0.0367. The van der Waals surface area contributed by atoms with Gasteiger partial charge in [0.25, 0.3) is 17.5 Å². The first kappa shape index (κ1) is 48.2. The molecule has 5 atom stereocenters. The topological polar surface area (TPSA) is 298 Å². The molecule has 2 aromatic rings. The number of anilines is 1. The fourth-order valence-corrected chi connectivity index (χ4v) is 6.03. The summed E-state index contributed by atoms with van der Waals surface area (Å²) in [4.78, 5) is 122. The van der Waals surface area contributed by atoms with Gasteiger partial charge in [-0.15, -0.1) is 0 Å². The highest BCUT2D eigenvalue weighted by Crippen LogP contribution is 2.34. The largest absolute Gasteiger partial charge is 0.514 e. The lowest BCUT2D eigenvalue weighted by Gasteiger charge is -2.44. The first-order chi connectivity index (χ1) is 29.9. The van der Waals surface area contributed by atoms with E-state index >= 15 is 0 Å². The maximum absolute atomic E-state index is 13.3. The molecule has 4 rings (SSSR count). The maximum atomic E-state index is 13.3. The predicted octanol–water partition coefficient (Wildman–Crippen LogP) is 2.31. The van der Waals surface area contributed by atoms with E-state index in [0.29, 0.717) is 19.3 Å². The Balaban J connectivity index is 1.53. The molecule has 2 N–H and O–H groups in total. The fourth-order valence-electron chi connectivity index (χ4n) is 6.03. The molecule has 23 nitrogen and oxygen atoms in total. The smallest absolute Gasteiger partial charge is 0.463 e. The number of nitrogens with one attached hydrogen (secondary N) is 2. The summed E-state index contributed by atoms with van der Waals surface area (Å²) in [5.74, 6) is -5.70. The number of imide groups is 1. The summed E-state index contributed by atoms with van der Waals surface area (Å²) in [6.45, 7) is 2.87. The molecule has 0 bridgehead atoms. The van der Waals surface area contributed by atoms with Crippen molar-refractivity contribution in [1.82, 2.24) is 10.2 Å². The number of carbonyl (C=O) groups is 9. The molecule has 2 aromatic carbocycles. The summed E-state index contributed by atoms with van der Waals surface area (Å²) in [6.07, 6.45) is -5.25. The third kappa shape index (κ3) is 15.2. The monoisotopic (exact) mass is 884 g/mol. The molecule has 0 aromatic heterocycles. The first-order valence-corrected chi connectivity index (χ1v) is 19.2. The highest BCUT2D eigenvalue weighted by molar-refractivity contribution is 6.12. The number of nitrogens with zero attached hydrogens (tertiary/aromatic N) is 2. The Kier molecular flexibility index (Phi) is 17.6. The molecule has 1 saturated heterocycles. The number of nitro groups is 1. The van der Waals surface area contributed by atoms with Gasteiger partial charge in [0.05, 0.1) is 17.2 Å². The van der Waals surface area contributed by atoms with Crippen molar-refractivity contribution >= 4 is 65.0 Å². The third-order valence-corrected chi connectivity index (χ3v) is 8.75. The van der Waals surface area contributed by atoms with E-state index in [2.05, 4.69) is 10.6 Å². The van der Waals surface area contributed by atoms with Gasteiger partial charge >= 0.3 is 30.0 Å². The van der Waals surface area contributed by atoms with E-state index in [-0.39, 0.29) is 41.4 Å². The van der Waals surface area contributed by atoms with Crippen LogP contribution in [0.3, 0.4) is 0 Å². The van der Waals surface area contributed by atoms with Gasteiger partial charge < -0.3 is 48.5 Å². The number of unbranched alkanes of at least 4 members (excludes halogenated alkanes) is 2. The van der Waals surface area contributed by atoms with Crippen LogP contribution in [0, 0.1) is 10.1 Å². The Bertz CT molecular complexity index is 2090. The summed E-state index contributed by atoms with van der Waals surface area (Å²) in [5, 5.41) is 16.0. The van der Waals surface area contributed by atoms with Crippen molar-refractivity contribution in [1.29, 1.82) is 0 Å². The standard InChI is InChI=1S/C40H44N4O19/c1-22(45)56-21-31-36(58-23(2)46)37(59-24(3)47)38(60-25(4)48)39(63-31)62-30-14-9-26(20-57-40(53)61-28-12-10-27(11-13-28)44(54)55)18-29(30)42-33(50)19-41-32(49)8-6-5-7-17-43-34(51)15-16-35(43)52/h9-16,18,31,36-39H,5-8,17,19-21H2,1-4H3,(H,41,49)(H,42,50)/t31-,36+,37+,38-,39-/m1/s1. The van der Waals surface area contributed by atoms with Gasteiger partial charge in [0, 0.05) is 64.9 Å². The van der Waals surface area contributed by atoms with E-state index in [9.17, 15) is 53.3 Å². The molecule has 63 heavy (non-hydrogen) atoms. The Labute approximate surface area is 358 Å². The van der Waals surface area contributed by atoms with Crippen molar-refractivity contribution in [3.8, 4) is 11.5 Å². The number of hydrogen-bond acceptors (Lipinski definition) is 19. The van der Waals surface area contributed by atoms with Gasteiger partial charge in [-0.2, -0.15) is 0 Å². The molecule has 0 spiro atoms. The van der Waals surface area contributed by atoms with Crippen molar-refractivity contribution < 1.29 is 86.0 Å². The fraction of sp³-hybridized carbons (Fsp3) is 0.425. The number of ether oxygens (including phenoxy) is 8. The SMILES string of the molecule is CC(=O)OC[C@H]1O[C@@H](Oc2ccc(COC(=O)Oc3ccc([N+](=O)[O-])cc3)cc2NC(=O)CNC(=O)CCCCCN2C(=O)C=CC2=O)[C@H](OC(C)=O)[C@@H](OC(C)=O)[C@H]1OC(C)=O. The van der Waals surface area contributed by atoms with Crippen LogP contribution in [0.4, 0.5) is 16.2 Å². The van der Waals surface area contributed by atoms with Gasteiger partial charge in [0.2, 0.25) is 24.2 Å². The molecule has 338 valence electrons. The van der Waals surface area contributed by atoms with Crippen LogP contribution >= 0.6 is 0 Å². The van der Waals surface area contributed by atoms with Crippen LogP contribution < -0.4 is 20.1 Å². The van der Waals surface area contributed by atoms with Gasteiger partial charge in [-0.05, 0) is 42.7 Å². The predicted molar refractivity (Wildman–Crippen MR) is 209 cm³/mol. The average Bonchev–Trinajstić information content (AvgIpc) is 3.53. The molecule has 0 aliphatic carbocycles. The van der Waals surface area contributed by atoms with E-state index in [0.717, 1.165) is 44.7 Å². The minimum absolute atomic E-state index is 0.0213. The highest BCUT2D eigenvalue weighted by atomic mass is 16.7. The average molecular weight is 885 g/mol. The molecular formula is C40H44N4O19. The molecule has 0 unspecified atom stereocenters. The molecule has 2 aliphatic rings. The Morgan fingerprint density at radius 1 is 0.762 bits per heavy atom. The molecule has 1 fully saturated rings. The summed E-state index contributed by atoms with van der Waals surface area (Å²) in [5.41, 5.74) is -0.124. The van der Waals surface area contributed by atoms with Crippen LogP contribution in [0.15, 0.2) is 54.6 Å². The van der Waals surface area contributed by atoms with Gasteiger partial charge in [-0.3, -0.25) is 53.4 Å². The minimum atomic E-state index is -1.71. The van der Waals surface area contributed by atoms with E-state index in [4.69, 9.17) is 37.9 Å². The van der Waals surface area contributed by atoms with Crippen molar-refractivity contribution in [2.45, 2.75) is 90.7 Å². The Hall–Kier alpha value is -7.43. The summed E-state index contributed by atoms with van der Waals surface area (Å²) in [6, 6.07) is 8.60. The number of rotatable bonds is 20. The summed E-state index contributed by atoms with van der Waals surface area (Å²) < 4.78 is 43.8. The van der Waals surface area contributed by atoms with Crippen LogP contribution in [0.2, 0.25) is 0 Å². The number of amides is 4. The van der Waals surface area contributed by atoms with E-state index in [1.54, 1.807) is 0 Å². The molecule has 0 saturated carbocycles. The van der Waals surface area contributed by atoms with Gasteiger partial charge in [0.1, 0.15) is 30.8 Å². The lowest BCUT2D eigenvalue weighted by Crippen LogP contribution is -2.63. The van der Waals surface area contributed by atoms with Gasteiger partial charge in [0.15, 0.2) is 12.2 Å². The second kappa shape index (κ2) is 23.0. The molecule has 2 aliphatic heterocycles. The lowest BCUT2D eigenvalue weighted by atomic mass is 9.98. The van der Waals surface area contributed by atoms with Crippen molar-refractivity contribution in [3.05, 3.63) is 70.3 Å². The van der Waals surface area contributed by atoms with Crippen LogP contribution in [-0.4, -0.2) is 114 Å². The number of hydrogen-bond donors (Lipinski definition) is 2. The molecule has 0 radical (unpaired) electrons. The molecule has 2 heterocycles. The Morgan fingerprint density at radius 2 is 1.40 bits per heavy atom. The van der Waals surface area contributed by atoms with Crippen LogP contribution in [0.1, 0.15) is 58.9 Å². The zero-order valence-electron chi connectivity index (χ0n) is 34.4. The number of nitro benzene ring substituents is 1. The highest BCUT2D eigenvalue weighted by Gasteiger charge is 2.53. The first-order valence-electron chi connectivity index (χ1n) is 19.2. The summed E-state index contributed by atoms with van der Waals surface area (Å²) >= 11 is 0. The van der Waals surface area contributed by atoms with Crippen molar-refractivity contribution in [3.63, 3.8) is 0 Å². The maximum Gasteiger partial charge on any atom is 0.514 e. The van der Waals surface area contributed by atoms with Crippen LogP contribution in [0.25, 0.3) is 0 Å². The van der Waals surface area contributed by atoms with Gasteiger partial charge in [-0.1, -0.05) is 12.5 Å². The summed E-state index contributed by atoms with van der Waals surface area (Å²) in [7, 11) is 0. The van der Waals surface area contributed by atoms with Crippen molar-refractivity contribution in [2.75, 3.05) is 25.0 Å². The lowest BCUT2D eigenvalue weighted by molar-refractivity contribution is -0.384. The van der Waals surface area contributed by atoms with E-state index < -0.39 is 109 Å². The molecule has 23 heteroatoms. The van der Waals surface area contributed by atoms with Crippen LogP contribution in [0.5, 0.6) is 11.5 Å². The second-order valence-electron chi connectivity index (χ2n) is 13.7. The minimum Gasteiger partial charge on any atom is -0.463 e. The number of carbonyl (C=O) groups excluding carboxylic acids is 9. The zero-order valence-corrected chi connectivity index (χ0v) is 34.4. The number of benzene rings is 2. The normalized spacial score (nSPS) is 19.0. The number of esters is 4.